The summed E-state index contributed by atoms with van der Waals surface area (Å²) in [5.41, 5.74) is 2.32. The van der Waals surface area contributed by atoms with Crippen molar-refractivity contribution in [2.24, 2.45) is 0 Å². The molecule has 1 aliphatic carbocycles. The van der Waals surface area contributed by atoms with Gasteiger partial charge in [0.25, 0.3) is 0 Å². The molecule has 2 nitrogen and oxygen atoms in total. The first-order chi connectivity index (χ1) is 8.16. The molecule has 0 heterocycles. The van der Waals surface area contributed by atoms with Crippen molar-refractivity contribution in [2.45, 2.75) is 25.2 Å². The lowest BCUT2D eigenvalue weighted by molar-refractivity contribution is -0.116. The maximum atomic E-state index is 11.8. The van der Waals surface area contributed by atoms with Crippen LogP contribution in [0.25, 0.3) is 0 Å². The SMILES string of the molecule is CN(C)C=C1CC(c2ccccc2)CCC1=O. The zero-order valence-electron chi connectivity index (χ0n) is 10.5. The number of rotatable bonds is 2. The first-order valence-corrected chi connectivity index (χ1v) is 6.12. The van der Waals surface area contributed by atoms with Crippen LogP contribution in [0.2, 0.25) is 0 Å². The van der Waals surface area contributed by atoms with E-state index in [0.29, 0.717) is 18.1 Å². The molecular formula is C15H19NO. The van der Waals surface area contributed by atoms with Crippen LogP contribution >= 0.6 is 0 Å². The normalized spacial score (nSPS) is 22.8. The molecule has 0 aliphatic heterocycles. The summed E-state index contributed by atoms with van der Waals surface area (Å²) in [7, 11) is 3.93. The van der Waals surface area contributed by atoms with E-state index in [1.54, 1.807) is 0 Å². The zero-order valence-corrected chi connectivity index (χ0v) is 10.5. The molecule has 1 fully saturated rings. The van der Waals surface area contributed by atoms with E-state index < -0.39 is 0 Å². The molecule has 17 heavy (non-hydrogen) atoms. The molecule has 1 saturated carbocycles. The molecular weight excluding hydrogens is 210 g/mol. The Kier molecular flexibility index (Phi) is 3.62. The highest BCUT2D eigenvalue weighted by Crippen LogP contribution is 2.33. The smallest absolute Gasteiger partial charge is 0.160 e. The largest absolute Gasteiger partial charge is 0.383 e. The average molecular weight is 229 g/mol. The van der Waals surface area contributed by atoms with Crippen molar-refractivity contribution in [3.8, 4) is 0 Å². The predicted molar refractivity (Wildman–Crippen MR) is 69.8 cm³/mol. The van der Waals surface area contributed by atoms with Gasteiger partial charge in [0.1, 0.15) is 0 Å². The van der Waals surface area contributed by atoms with Gasteiger partial charge in [0.05, 0.1) is 0 Å². The van der Waals surface area contributed by atoms with Gasteiger partial charge in [-0.25, -0.2) is 0 Å². The molecule has 1 atom stereocenters. The van der Waals surface area contributed by atoms with Crippen LogP contribution in [0, 0.1) is 0 Å². The number of carbonyl (C=O) groups is 1. The van der Waals surface area contributed by atoms with Crippen LogP contribution in [0.15, 0.2) is 42.1 Å². The van der Waals surface area contributed by atoms with E-state index in [9.17, 15) is 4.79 Å². The van der Waals surface area contributed by atoms with Crippen molar-refractivity contribution in [3.63, 3.8) is 0 Å². The fourth-order valence-electron chi connectivity index (χ4n) is 2.39. The molecule has 0 aromatic heterocycles. The van der Waals surface area contributed by atoms with Crippen molar-refractivity contribution in [1.82, 2.24) is 4.90 Å². The molecule has 0 N–H and O–H groups in total. The second-order valence-corrected chi connectivity index (χ2v) is 4.89. The molecule has 0 saturated heterocycles. The summed E-state index contributed by atoms with van der Waals surface area (Å²) in [6.45, 7) is 0. The molecule has 2 heteroatoms. The van der Waals surface area contributed by atoms with Gasteiger partial charge < -0.3 is 4.90 Å². The number of nitrogens with zero attached hydrogens (tertiary/aromatic N) is 1. The van der Waals surface area contributed by atoms with Crippen molar-refractivity contribution in [1.29, 1.82) is 0 Å². The Morgan fingerprint density at radius 2 is 1.94 bits per heavy atom. The van der Waals surface area contributed by atoms with E-state index in [0.717, 1.165) is 18.4 Å². The van der Waals surface area contributed by atoms with E-state index in [2.05, 4.69) is 24.3 Å². The molecule has 0 amide bonds. The molecule has 2 rings (SSSR count). The number of carbonyl (C=O) groups excluding carboxylic acids is 1. The minimum Gasteiger partial charge on any atom is -0.383 e. The number of hydrogen-bond acceptors (Lipinski definition) is 2. The lowest BCUT2D eigenvalue weighted by Crippen LogP contribution is -2.18. The maximum absolute atomic E-state index is 11.8. The van der Waals surface area contributed by atoms with Crippen LogP contribution in [0.1, 0.15) is 30.7 Å². The van der Waals surface area contributed by atoms with Gasteiger partial charge in [-0.05, 0) is 24.3 Å². The summed E-state index contributed by atoms with van der Waals surface area (Å²) in [5, 5.41) is 0. The summed E-state index contributed by atoms with van der Waals surface area (Å²) in [6.07, 6.45) is 4.51. The average Bonchev–Trinajstić information content (AvgIpc) is 2.32. The number of allylic oxidation sites excluding steroid dienone is 1. The van der Waals surface area contributed by atoms with Gasteiger partial charge in [0, 0.05) is 32.3 Å². The van der Waals surface area contributed by atoms with E-state index in [1.807, 2.05) is 31.3 Å². The van der Waals surface area contributed by atoms with Crippen molar-refractivity contribution in [3.05, 3.63) is 47.7 Å². The summed E-state index contributed by atoms with van der Waals surface area (Å²) in [6, 6.07) is 10.5. The summed E-state index contributed by atoms with van der Waals surface area (Å²) in [5.74, 6) is 0.811. The van der Waals surface area contributed by atoms with Gasteiger partial charge in [-0.1, -0.05) is 30.3 Å². The summed E-state index contributed by atoms with van der Waals surface area (Å²) < 4.78 is 0. The molecule has 1 aromatic rings. The second kappa shape index (κ2) is 5.17. The Hall–Kier alpha value is -1.57. The lowest BCUT2D eigenvalue weighted by Gasteiger charge is -2.24. The number of Topliss-reactive ketones (excluding diaryl/α,β-unsaturated/α-hetero) is 1. The third kappa shape index (κ3) is 2.96. The van der Waals surface area contributed by atoms with Gasteiger partial charge in [-0.2, -0.15) is 0 Å². The molecule has 0 spiro atoms. The molecule has 1 aromatic carbocycles. The fourth-order valence-corrected chi connectivity index (χ4v) is 2.39. The molecule has 0 radical (unpaired) electrons. The lowest BCUT2D eigenvalue weighted by atomic mass is 9.81. The number of ketones is 1. The fraction of sp³-hybridized carbons (Fsp3) is 0.400. The van der Waals surface area contributed by atoms with Crippen molar-refractivity contribution >= 4 is 5.78 Å². The third-order valence-corrected chi connectivity index (χ3v) is 3.23. The van der Waals surface area contributed by atoms with E-state index in [4.69, 9.17) is 0 Å². The van der Waals surface area contributed by atoms with Crippen LogP contribution in [-0.2, 0) is 4.79 Å². The Labute approximate surface area is 103 Å². The van der Waals surface area contributed by atoms with Gasteiger partial charge in [-0.15, -0.1) is 0 Å². The van der Waals surface area contributed by atoms with Crippen LogP contribution in [0.5, 0.6) is 0 Å². The van der Waals surface area contributed by atoms with Crippen molar-refractivity contribution < 1.29 is 4.79 Å². The summed E-state index contributed by atoms with van der Waals surface area (Å²) in [4.78, 5) is 13.8. The Bertz CT molecular complexity index is 420. The summed E-state index contributed by atoms with van der Waals surface area (Å²) >= 11 is 0. The molecule has 0 bridgehead atoms. The quantitative estimate of drug-likeness (QED) is 0.727. The number of benzene rings is 1. The van der Waals surface area contributed by atoms with E-state index in [-0.39, 0.29) is 0 Å². The third-order valence-electron chi connectivity index (χ3n) is 3.23. The molecule has 1 aliphatic rings. The van der Waals surface area contributed by atoms with Crippen molar-refractivity contribution in [2.75, 3.05) is 14.1 Å². The highest BCUT2D eigenvalue weighted by atomic mass is 16.1. The van der Waals surface area contributed by atoms with Gasteiger partial charge in [0.2, 0.25) is 0 Å². The first kappa shape index (κ1) is 11.9. The molecule has 1 unspecified atom stereocenters. The second-order valence-electron chi connectivity index (χ2n) is 4.89. The Balaban J connectivity index is 2.16. The Morgan fingerprint density at radius 3 is 2.59 bits per heavy atom. The topological polar surface area (TPSA) is 20.3 Å². The predicted octanol–water partition coefficient (Wildman–Crippen LogP) is 2.97. The van der Waals surface area contributed by atoms with Crippen LogP contribution in [-0.4, -0.2) is 24.8 Å². The van der Waals surface area contributed by atoms with Crippen LogP contribution < -0.4 is 0 Å². The van der Waals surface area contributed by atoms with Gasteiger partial charge in [0.15, 0.2) is 5.78 Å². The van der Waals surface area contributed by atoms with Gasteiger partial charge in [-0.3, -0.25) is 4.79 Å². The molecule has 90 valence electrons. The number of hydrogen-bond donors (Lipinski definition) is 0. The standard InChI is InChI=1S/C15H19NO/c1-16(2)11-14-10-13(8-9-15(14)17)12-6-4-3-5-7-12/h3-7,11,13H,8-10H2,1-2H3. The Morgan fingerprint density at radius 1 is 1.24 bits per heavy atom. The zero-order chi connectivity index (χ0) is 12.3. The van der Waals surface area contributed by atoms with Crippen LogP contribution in [0.4, 0.5) is 0 Å². The van der Waals surface area contributed by atoms with Crippen LogP contribution in [0.3, 0.4) is 0 Å². The highest BCUT2D eigenvalue weighted by molar-refractivity contribution is 5.96. The maximum Gasteiger partial charge on any atom is 0.160 e. The minimum atomic E-state index is 0.311. The van der Waals surface area contributed by atoms with E-state index >= 15 is 0 Å². The minimum absolute atomic E-state index is 0.311. The van der Waals surface area contributed by atoms with Gasteiger partial charge >= 0.3 is 0 Å². The monoisotopic (exact) mass is 229 g/mol. The van der Waals surface area contributed by atoms with E-state index in [1.165, 1.54) is 5.56 Å². The highest BCUT2D eigenvalue weighted by Gasteiger charge is 2.24. The first-order valence-electron chi connectivity index (χ1n) is 6.12.